The monoisotopic (exact) mass is 196 g/mol. The van der Waals surface area contributed by atoms with Crippen LogP contribution in [0.1, 0.15) is 59.8 Å². The van der Waals surface area contributed by atoms with Crippen LogP contribution < -0.4 is 5.73 Å². The third-order valence-corrected chi connectivity index (χ3v) is 3.09. The molecule has 1 rings (SSSR count). The Morgan fingerprint density at radius 2 is 1.64 bits per heavy atom. The van der Waals surface area contributed by atoms with Gasteiger partial charge in [-0.25, -0.2) is 0 Å². The minimum absolute atomic E-state index is 0.0143. The number of nitrogens with two attached hydrogens (primary N) is 1. The Balaban J connectivity index is 2.73. The Morgan fingerprint density at radius 3 is 2.07 bits per heavy atom. The van der Waals surface area contributed by atoms with Gasteiger partial charge in [-0.1, -0.05) is 40.0 Å². The van der Waals surface area contributed by atoms with E-state index in [2.05, 4.69) is 27.7 Å². The van der Waals surface area contributed by atoms with E-state index in [1.54, 1.807) is 0 Å². The highest BCUT2D eigenvalue weighted by atomic mass is 14.9. The highest BCUT2D eigenvalue weighted by Gasteiger charge is 2.28. The molecule has 0 bridgehead atoms. The number of nitrogens with zero attached hydrogens (tertiary/aromatic N) is 1. The summed E-state index contributed by atoms with van der Waals surface area (Å²) in [6, 6.07) is 0. The number of aliphatic imine (C=N–C) groups is 1. The van der Waals surface area contributed by atoms with Gasteiger partial charge in [-0.15, -0.1) is 0 Å². The Kier molecular flexibility index (Phi) is 3.23. The molecule has 0 aromatic carbocycles. The van der Waals surface area contributed by atoms with E-state index in [0.29, 0.717) is 0 Å². The minimum atomic E-state index is 0.0143. The summed E-state index contributed by atoms with van der Waals surface area (Å²) >= 11 is 0. The van der Waals surface area contributed by atoms with E-state index in [0.717, 1.165) is 5.84 Å². The molecule has 0 spiro atoms. The molecular formula is C12H24N2. The Bertz CT molecular complexity index is 217. The van der Waals surface area contributed by atoms with Gasteiger partial charge >= 0.3 is 0 Å². The van der Waals surface area contributed by atoms with Crippen LogP contribution in [-0.2, 0) is 0 Å². The van der Waals surface area contributed by atoms with Crippen molar-refractivity contribution in [2.75, 3.05) is 0 Å². The molecule has 0 unspecified atom stereocenters. The maximum Gasteiger partial charge on any atom is 0.0998 e. The SMILES string of the molecule is CC1(N=C(N)C(C)(C)C)CCCCC1. The molecular weight excluding hydrogens is 172 g/mol. The summed E-state index contributed by atoms with van der Waals surface area (Å²) in [5.74, 6) is 0.807. The van der Waals surface area contributed by atoms with Gasteiger partial charge in [0.15, 0.2) is 0 Å². The first-order valence-electron chi connectivity index (χ1n) is 5.69. The van der Waals surface area contributed by atoms with Crippen LogP contribution in [0, 0.1) is 5.41 Å². The van der Waals surface area contributed by atoms with Gasteiger partial charge in [0.2, 0.25) is 0 Å². The van der Waals surface area contributed by atoms with E-state index in [1.165, 1.54) is 32.1 Å². The van der Waals surface area contributed by atoms with Crippen LogP contribution in [0.15, 0.2) is 4.99 Å². The molecule has 0 atom stereocenters. The molecule has 0 heterocycles. The fourth-order valence-electron chi connectivity index (χ4n) is 1.88. The first-order chi connectivity index (χ1) is 6.33. The topological polar surface area (TPSA) is 38.4 Å². The lowest BCUT2D eigenvalue weighted by atomic mass is 9.83. The van der Waals surface area contributed by atoms with Crippen LogP contribution in [0.3, 0.4) is 0 Å². The summed E-state index contributed by atoms with van der Waals surface area (Å²) in [4.78, 5) is 4.73. The molecule has 1 aliphatic rings. The van der Waals surface area contributed by atoms with Crippen LogP contribution in [0.5, 0.6) is 0 Å². The van der Waals surface area contributed by atoms with Crippen molar-refractivity contribution in [3.63, 3.8) is 0 Å². The lowest BCUT2D eigenvalue weighted by Gasteiger charge is -2.32. The molecule has 2 heteroatoms. The van der Waals surface area contributed by atoms with E-state index in [9.17, 15) is 0 Å². The second kappa shape index (κ2) is 3.92. The third-order valence-electron chi connectivity index (χ3n) is 3.09. The molecule has 82 valence electrons. The van der Waals surface area contributed by atoms with Crippen molar-refractivity contribution >= 4 is 5.84 Å². The highest BCUT2D eigenvalue weighted by Crippen LogP contribution is 2.32. The van der Waals surface area contributed by atoms with Crippen molar-refractivity contribution in [2.24, 2.45) is 16.1 Å². The molecule has 0 aromatic heterocycles. The average Bonchev–Trinajstić information content (AvgIpc) is 2.02. The number of rotatable bonds is 1. The molecule has 0 amide bonds. The van der Waals surface area contributed by atoms with Crippen molar-refractivity contribution in [3.05, 3.63) is 0 Å². The maximum absolute atomic E-state index is 6.02. The zero-order valence-electron chi connectivity index (χ0n) is 10.1. The standard InChI is InChI=1S/C12H24N2/c1-11(2,3)10(13)14-12(4)8-6-5-7-9-12/h5-9H2,1-4H3,(H2,13,14). The third kappa shape index (κ3) is 3.00. The Hall–Kier alpha value is -0.530. The van der Waals surface area contributed by atoms with Gasteiger partial charge in [0, 0.05) is 5.41 Å². The number of amidine groups is 1. The van der Waals surface area contributed by atoms with Crippen molar-refractivity contribution in [1.82, 2.24) is 0 Å². The van der Waals surface area contributed by atoms with Gasteiger partial charge in [0.25, 0.3) is 0 Å². The van der Waals surface area contributed by atoms with E-state index in [1.807, 2.05) is 0 Å². The van der Waals surface area contributed by atoms with Gasteiger partial charge in [0.05, 0.1) is 11.4 Å². The van der Waals surface area contributed by atoms with Crippen LogP contribution in [0.25, 0.3) is 0 Å². The molecule has 2 nitrogen and oxygen atoms in total. The zero-order chi connectivity index (χ0) is 10.8. The summed E-state index contributed by atoms with van der Waals surface area (Å²) in [5.41, 5.74) is 6.15. The van der Waals surface area contributed by atoms with E-state index in [4.69, 9.17) is 10.7 Å². The molecule has 0 aromatic rings. The summed E-state index contributed by atoms with van der Waals surface area (Å²) in [6.45, 7) is 8.61. The van der Waals surface area contributed by atoms with Gasteiger partial charge in [-0.2, -0.15) is 0 Å². The number of hydrogen-bond acceptors (Lipinski definition) is 1. The maximum atomic E-state index is 6.02. The highest BCUT2D eigenvalue weighted by molar-refractivity contribution is 5.85. The molecule has 0 saturated heterocycles. The van der Waals surface area contributed by atoms with Crippen LogP contribution >= 0.6 is 0 Å². The number of hydrogen-bond donors (Lipinski definition) is 1. The van der Waals surface area contributed by atoms with Crippen molar-refractivity contribution in [3.8, 4) is 0 Å². The normalized spacial score (nSPS) is 23.6. The fourth-order valence-corrected chi connectivity index (χ4v) is 1.88. The molecule has 1 fully saturated rings. The molecule has 1 aliphatic carbocycles. The fraction of sp³-hybridized carbons (Fsp3) is 0.917. The van der Waals surface area contributed by atoms with Gasteiger partial charge in [0.1, 0.15) is 0 Å². The summed E-state index contributed by atoms with van der Waals surface area (Å²) in [6.07, 6.45) is 6.36. The van der Waals surface area contributed by atoms with Crippen LogP contribution in [-0.4, -0.2) is 11.4 Å². The summed E-state index contributed by atoms with van der Waals surface area (Å²) in [5, 5.41) is 0. The van der Waals surface area contributed by atoms with Gasteiger partial charge in [-0.3, -0.25) is 4.99 Å². The minimum Gasteiger partial charge on any atom is -0.387 e. The zero-order valence-corrected chi connectivity index (χ0v) is 10.1. The summed E-state index contributed by atoms with van der Waals surface area (Å²) < 4.78 is 0. The lowest BCUT2D eigenvalue weighted by molar-refractivity contribution is 0.321. The average molecular weight is 196 g/mol. The molecule has 0 aliphatic heterocycles. The Labute approximate surface area is 88.0 Å². The molecule has 2 N–H and O–H groups in total. The summed E-state index contributed by atoms with van der Waals surface area (Å²) in [7, 11) is 0. The lowest BCUT2D eigenvalue weighted by Crippen LogP contribution is -2.35. The Morgan fingerprint density at radius 1 is 1.14 bits per heavy atom. The van der Waals surface area contributed by atoms with Crippen LogP contribution in [0.2, 0.25) is 0 Å². The molecule has 14 heavy (non-hydrogen) atoms. The predicted molar refractivity (Wildman–Crippen MR) is 62.6 cm³/mol. The smallest absolute Gasteiger partial charge is 0.0998 e. The predicted octanol–water partition coefficient (Wildman–Crippen LogP) is 3.11. The quantitative estimate of drug-likeness (QED) is 0.508. The van der Waals surface area contributed by atoms with Crippen molar-refractivity contribution in [1.29, 1.82) is 0 Å². The van der Waals surface area contributed by atoms with E-state index in [-0.39, 0.29) is 11.0 Å². The van der Waals surface area contributed by atoms with Crippen molar-refractivity contribution < 1.29 is 0 Å². The van der Waals surface area contributed by atoms with Crippen LogP contribution in [0.4, 0.5) is 0 Å². The van der Waals surface area contributed by atoms with Gasteiger partial charge < -0.3 is 5.73 Å². The second-order valence-electron chi connectivity index (χ2n) is 5.80. The van der Waals surface area contributed by atoms with E-state index >= 15 is 0 Å². The van der Waals surface area contributed by atoms with Gasteiger partial charge in [-0.05, 0) is 19.8 Å². The molecule has 0 radical (unpaired) electrons. The first kappa shape index (κ1) is 11.5. The van der Waals surface area contributed by atoms with E-state index < -0.39 is 0 Å². The van der Waals surface area contributed by atoms with Crippen molar-refractivity contribution in [2.45, 2.75) is 65.3 Å². The molecule has 1 saturated carbocycles. The first-order valence-corrected chi connectivity index (χ1v) is 5.69. The second-order valence-corrected chi connectivity index (χ2v) is 5.80. The largest absolute Gasteiger partial charge is 0.387 e.